The lowest BCUT2D eigenvalue weighted by Gasteiger charge is -2.54. The second-order valence-electron chi connectivity index (χ2n) is 6.62. The van der Waals surface area contributed by atoms with E-state index in [4.69, 9.17) is 14.3 Å². The quantitative estimate of drug-likeness (QED) is 0.889. The van der Waals surface area contributed by atoms with Gasteiger partial charge < -0.3 is 19.6 Å². The highest BCUT2D eigenvalue weighted by Crippen LogP contribution is 2.52. The second kappa shape index (κ2) is 5.12. The van der Waals surface area contributed by atoms with Crippen LogP contribution in [-0.2, 0) is 11.2 Å². The molecule has 3 unspecified atom stereocenters. The monoisotopic (exact) mass is 307 g/mol. The van der Waals surface area contributed by atoms with E-state index in [2.05, 4.69) is 19.2 Å². The van der Waals surface area contributed by atoms with E-state index in [1.54, 1.807) is 6.92 Å². The predicted octanol–water partition coefficient (Wildman–Crippen LogP) is 2.08. The van der Waals surface area contributed by atoms with Crippen molar-refractivity contribution in [3.05, 3.63) is 23.2 Å². The Morgan fingerprint density at radius 1 is 1.45 bits per heavy atom. The Labute approximate surface area is 128 Å². The van der Waals surface area contributed by atoms with Crippen LogP contribution < -0.4 is 5.32 Å². The first-order valence-corrected chi connectivity index (χ1v) is 7.64. The zero-order chi connectivity index (χ0) is 16.1. The highest BCUT2D eigenvalue weighted by atomic mass is 16.5. The number of aromatic carboxylic acids is 1. The SMILES string of the molecule is CCc1oc(C(=O)NC2C3CCOC3C2(C)C)cc1C(=O)O. The number of ether oxygens (including phenoxy) is 1. The van der Waals surface area contributed by atoms with Crippen molar-refractivity contribution < 1.29 is 23.8 Å². The van der Waals surface area contributed by atoms with Crippen molar-refractivity contribution in [3.63, 3.8) is 0 Å². The Morgan fingerprint density at radius 3 is 2.77 bits per heavy atom. The maximum Gasteiger partial charge on any atom is 0.339 e. The van der Waals surface area contributed by atoms with Gasteiger partial charge in [-0.1, -0.05) is 20.8 Å². The molecule has 0 aromatic carbocycles. The van der Waals surface area contributed by atoms with E-state index in [0.29, 0.717) is 18.1 Å². The molecule has 1 aliphatic carbocycles. The van der Waals surface area contributed by atoms with Crippen LogP contribution in [0, 0.1) is 11.3 Å². The molecule has 1 saturated carbocycles. The number of furan rings is 1. The van der Waals surface area contributed by atoms with E-state index < -0.39 is 5.97 Å². The third-order valence-electron chi connectivity index (χ3n) is 4.97. The van der Waals surface area contributed by atoms with E-state index in [1.807, 2.05) is 0 Å². The molecule has 0 bridgehead atoms. The van der Waals surface area contributed by atoms with Gasteiger partial charge >= 0.3 is 5.97 Å². The van der Waals surface area contributed by atoms with E-state index in [9.17, 15) is 9.59 Å². The molecule has 120 valence electrons. The molecule has 2 heterocycles. The second-order valence-corrected chi connectivity index (χ2v) is 6.62. The lowest BCUT2D eigenvalue weighted by atomic mass is 9.57. The molecule has 2 N–H and O–H groups in total. The summed E-state index contributed by atoms with van der Waals surface area (Å²) in [7, 11) is 0. The summed E-state index contributed by atoms with van der Waals surface area (Å²) in [5.41, 5.74) is -0.0605. The van der Waals surface area contributed by atoms with Crippen LogP contribution in [0.1, 0.15) is 53.9 Å². The third-order valence-corrected chi connectivity index (χ3v) is 4.97. The third kappa shape index (κ3) is 2.13. The minimum absolute atomic E-state index is 0.0240. The number of carboxylic acids is 1. The van der Waals surface area contributed by atoms with Crippen molar-refractivity contribution in [1.82, 2.24) is 5.32 Å². The number of fused-ring (bicyclic) bond motifs is 1. The molecule has 2 fully saturated rings. The van der Waals surface area contributed by atoms with Crippen LogP contribution >= 0.6 is 0 Å². The molecule has 22 heavy (non-hydrogen) atoms. The van der Waals surface area contributed by atoms with Gasteiger partial charge in [0.15, 0.2) is 5.76 Å². The molecule has 1 aliphatic heterocycles. The number of hydrogen-bond acceptors (Lipinski definition) is 4. The van der Waals surface area contributed by atoms with Crippen LogP contribution in [0.15, 0.2) is 10.5 Å². The largest absolute Gasteiger partial charge is 0.478 e. The number of carbonyl (C=O) groups is 2. The maximum atomic E-state index is 12.4. The molecular weight excluding hydrogens is 286 g/mol. The summed E-state index contributed by atoms with van der Waals surface area (Å²) in [5.74, 6) is -0.711. The zero-order valence-electron chi connectivity index (χ0n) is 13.0. The maximum absolute atomic E-state index is 12.4. The number of aryl methyl sites for hydroxylation is 1. The van der Waals surface area contributed by atoms with Crippen LogP contribution in [0.2, 0.25) is 0 Å². The Morgan fingerprint density at radius 2 is 2.18 bits per heavy atom. The van der Waals surface area contributed by atoms with Gasteiger partial charge in [0.2, 0.25) is 0 Å². The number of rotatable bonds is 4. The summed E-state index contributed by atoms with van der Waals surface area (Å²) in [6.45, 7) is 6.68. The minimum atomic E-state index is -1.08. The van der Waals surface area contributed by atoms with E-state index in [0.717, 1.165) is 13.0 Å². The number of nitrogens with one attached hydrogen (secondary N) is 1. The van der Waals surface area contributed by atoms with Crippen molar-refractivity contribution >= 4 is 11.9 Å². The van der Waals surface area contributed by atoms with E-state index in [1.165, 1.54) is 6.07 Å². The molecule has 3 atom stereocenters. The molecule has 1 saturated heterocycles. The van der Waals surface area contributed by atoms with Gasteiger partial charge in [-0.3, -0.25) is 4.79 Å². The lowest BCUT2D eigenvalue weighted by Crippen LogP contribution is -2.66. The Balaban J connectivity index is 1.76. The number of carbonyl (C=O) groups excluding carboxylic acids is 1. The molecule has 1 amide bonds. The van der Waals surface area contributed by atoms with Gasteiger partial charge in [0.25, 0.3) is 5.91 Å². The van der Waals surface area contributed by atoms with Gasteiger partial charge in [0.05, 0.1) is 6.10 Å². The van der Waals surface area contributed by atoms with Crippen molar-refractivity contribution in [2.24, 2.45) is 11.3 Å². The van der Waals surface area contributed by atoms with Crippen LogP contribution in [0.25, 0.3) is 0 Å². The van der Waals surface area contributed by atoms with Crippen LogP contribution in [0.3, 0.4) is 0 Å². The van der Waals surface area contributed by atoms with Gasteiger partial charge in [-0.15, -0.1) is 0 Å². The van der Waals surface area contributed by atoms with Gasteiger partial charge in [-0.2, -0.15) is 0 Å². The average Bonchev–Trinajstić information content (AvgIpc) is 3.09. The van der Waals surface area contributed by atoms with Crippen molar-refractivity contribution in [3.8, 4) is 0 Å². The molecule has 0 radical (unpaired) electrons. The van der Waals surface area contributed by atoms with Crippen molar-refractivity contribution in [2.75, 3.05) is 6.61 Å². The topological polar surface area (TPSA) is 88.8 Å². The fraction of sp³-hybridized carbons (Fsp3) is 0.625. The first kappa shape index (κ1) is 15.1. The highest BCUT2D eigenvalue weighted by Gasteiger charge is 2.59. The molecule has 1 aromatic rings. The normalized spacial score (nSPS) is 28.8. The Hall–Kier alpha value is -1.82. The summed E-state index contributed by atoms with van der Waals surface area (Å²) in [6, 6.07) is 1.33. The fourth-order valence-corrected chi connectivity index (χ4v) is 3.81. The number of carboxylic acid groups (broad SMARTS) is 1. The fourth-order valence-electron chi connectivity index (χ4n) is 3.81. The lowest BCUT2D eigenvalue weighted by molar-refractivity contribution is -0.109. The first-order valence-electron chi connectivity index (χ1n) is 7.64. The molecular formula is C16H21NO5. The molecule has 0 spiro atoms. The summed E-state index contributed by atoms with van der Waals surface area (Å²) in [5, 5.41) is 12.1. The van der Waals surface area contributed by atoms with Crippen LogP contribution in [0.4, 0.5) is 0 Å². The molecule has 3 rings (SSSR count). The summed E-state index contributed by atoms with van der Waals surface area (Å²) < 4.78 is 11.1. The molecule has 6 heteroatoms. The summed E-state index contributed by atoms with van der Waals surface area (Å²) in [6.07, 6.45) is 1.57. The van der Waals surface area contributed by atoms with Crippen molar-refractivity contribution in [1.29, 1.82) is 0 Å². The smallest absolute Gasteiger partial charge is 0.339 e. The highest BCUT2D eigenvalue weighted by molar-refractivity contribution is 5.96. The van der Waals surface area contributed by atoms with Crippen LogP contribution in [-0.4, -0.2) is 35.7 Å². The van der Waals surface area contributed by atoms with Crippen LogP contribution in [0.5, 0.6) is 0 Å². The molecule has 6 nitrogen and oxygen atoms in total. The predicted molar refractivity (Wildman–Crippen MR) is 77.9 cm³/mol. The van der Waals surface area contributed by atoms with Gasteiger partial charge in [0, 0.05) is 36.5 Å². The summed E-state index contributed by atoms with van der Waals surface area (Å²) in [4.78, 5) is 23.5. The summed E-state index contributed by atoms with van der Waals surface area (Å²) >= 11 is 0. The number of hydrogen-bond donors (Lipinski definition) is 2. The number of amides is 1. The average molecular weight is 307 g/mol. The van der Waals surface area contributed by atoms with E-state index >= 15 is 0 Å². The zero-order valence-corrected chi connectivity index (χ0v) is 13.0. The molecule has 2 aliphatic rings. The molecule has 1 aromatic heterocycles. The minimum Gasteiger partial charge on any atom is -0.478 e. The first-order chi connectivity index (χ1) is 10.4. The van der Waals surface area contributed by atoms with Crippen molar-refractivity contribution in [2.45, 2.75) is 45.8 Å². The van der Waals surface area contributed by atoms with Gasteiger partial charge in [0.1, 0.15) is 11.3 Å². The van der Waals surface area contributed by atoms with E-state index in [-0.39, 0.29) is 34.8 Å². The standard InChI is InChI=1S/C16H21NO5/c1-4-10-9(15(19)20)7-11(22-10)14(18)17-12-8-5-6-21-13(8)16(12,2)3/h7-8,12-13H,4-6H2,1-3H3,(H,17,18)(H,19,20). The van der Waals surface area contributed by atoms with Gasteiger partial charge in [-0.25, -0.2) is 4.79 Å². The Bertz CT molecular complexity index is 618. The van der Waals surface area contributed by atoms with Gasteiger partial charge in [-0.05, 0) is 6.42 Å². The Kier molecular flexibility index (Phi) is 3.51.